The van der Waals surface area contributed by atoms with E-state index in [2.05, 4.69) is 15.2 Å². The van der Waals surface area contributed by atoms with E-state index >= 15 is 0 Å². The van der Waals surface area contributed by atoms with Crippen molar-refractivity contribution in [2.24, 2.45) is 4.99 Å². The summed E-state index contributed by atoms with van der Waals surface area (Å²) in [5.41, 5.74) is 2.71. The zero-order chi connectivity index (χ0) is 11.4. The lowest BCUT2D eigenvalue weighted by molar-refractivity contribution is 0.563. The van der Waals surface area contributed by atoms with Gasteiger partial charge in [0.15, 0.2) is 0 Å². The van der Waals surface area contributed by atoms with E-state index < -0.39 is 0 Å². The molecule has 0 radical (unpaired) electrons. The Morgan fingerprint density at radius 1 is 1.38 bits per heavy atom. The smallest absolute Gasteiger partial charge is 0.211 e. The van der Waals surface area contributed by atoms with Crippen molar-refractivity contribution in [3.63, 3.8) is 0 Å². The van der Waals surface area contributed by atoms with Crippen LogP contribution in [-0.4, -0.2) is 21.1 Å². The minimum atomic E-state index is 0.356. The molecule has 0 spiro atoms. The zero-order valence-corrected chi connectivity index (χ0v) is 8.79. The molecule has 0 bridgehead atoms. The summed E-state index contributed by atoms with van der Waals surface area (Å²) in [5.74, 6) is 0. The minimum Gasteiger partial charge on any atom is -0.211 e. The normalized spacial score (nSPS) is 9.81. The van der Waals surface area contributed by atoms with Gasteiger partial charge in [-0.05, 0) is 24.6 Å². The first-order valence-electron chi connectivity index (χ1n) is 4.81. The van der Waals surface area contributed by atoms with Crippen LogP contribution in [0, 0.1) is 6.92 Å². The van der Waals surface area contributed by atoms with Crippen LogP contribution in [0.3, 0.4) is 0 Å². The molecule has 2 rings (SSSR count). The van der Waals surface area contributed by atoms with Gasteiger partial charge >= 0.3 is 0 Å². The standard InChI is InChI=1S/C11H10N4O/c1-9-6-13-15(14-9)11-4-2-10(3-5-11)7-12-8-16/h2-6H,7H2,1H3. The van der Waals surface area contributed by atoms with E-state index in [4.69, 9.17) is 0 Å². The van der Waals surface area contributed by atoms with Crippen molar-refractivity contribution in [1.82, 2.24) is 15.0 Å². The lowest BCUT2D eigenvalue weighted by Gasteiger charge is -2.00. The first-order chi connectivity index (χ1) is 7.79. The summed E-state index contributed by atoms with van der Waals surface area (Å²) in [7, 11) is 0. The maximum Gasteiger partial charge on any atom is 0.235 e. The van der Waals surface area contributed by atoms with Crippen molar-refractivity contribution >= 4 is 6.08 Å². The van der Waals surface area contributed by atoms with Crippen LogP contribution in [-0.2, 0) is 11.3 Å². The molecule has 0 atom stereocenters. The van der Waals surface area contributed by atoms with E-state index in [1.54, 1.807) is 11.0 Å². The topological polar surface area (TPSA) is 60.1 Å². The molecule has 16 heavy (non-hydrogen) atoms. The number of carbonyl (C=O) groups excluding carboxylic acids is 1. The Hall–Kier alpha value is -2.26. The van der Waals surface area contributed by atoms with E-state index in [-0.39, 0.29) is 0 Å². The van der Waals surface area contributed by atoms with Crippen molar-refractivity contribution in [1.29, 1.82) is 0 Å². The van der Waals surface area contributed by atoms with E-state index in [0.29, 0.717) is 6.54 Å². The molecule has 0 aliphatic heterocycles. The molecule has 5 heteroatoms. The lowest BCUT2D eigenvalue weighted by atomic mass is 10.2. The predicted octanol–water partition coefficient (Wildman–Crippen LogP) is 1.41. The number of benzene rings is 1. The van der Waals surface area contributed by atoms with E-state index in [9.17, 15) is 4.79 Å². The third kappa shape index (κ3) is 2.21. The molecule has 0 aliphatic rings. The van der Waals surface area contributed by atoms with Gasteiger partial charge in [-0.25, -0.2) is 9.79 Å². The molecule has 0 saturated carbocycles. The molecule has 0 unspecified atom stereocenters. The fourth-order valence-corrected chi connectivity index (χ4v) is 1.32. The number of rotatable bonds is 3. The van der Waals surface area contributed by atoms with Gasteiger partial charge in [-0.2, -0.15) is 15.0 Å². The number of aryl methyl sites for hydroxylation is 1. The summed E-state index contributed by atoms with van der Waals surface area (Å²) in [6.07, 6.45) is 3.21. The van der Waals surface area contributed by atoms with Crippen molar-refractivity contribution in [3.05, 3.63) is 41.7 Å². The summed E-state index contributed by atoms with van der Waals surface area (Å²) < 4.78 is 0. The number of aromatic nitrogens is 3. The van der Waals surface area contributed by atoms with Gasteiger partial charge in [0.1, 0.15) is 0 Å². The van der Waals surface area contributed by atoms with E-state index in [1.807, 2.05) is 31.2 Å². The maximum atomic E-state index is 9.95. The Balaban J connectivity index is 2.22. The van der Waals surface area contributed by atoms with Crippen molar-refractivity contribution < 1.29 is 4.79 Å². The van der Waals surface area contributed by atoms with Crippen LogP contribution in [0.4, 0.5) is 0 Å². The predicted molar refractivity (Wildman–Crippen MR) is 57.9 cm³/mol. The summed E-state index contributed by atoms with van der Waals surface area (Å²) >= 11 is 0. The first-order valence-corrected chi connectivity index (χ1v) is 4.81. The molecule has 0 fully saturated rings. The fraction of sp³-hybridized carbons (Fsp3) is 0.182. The van der Waals surface area contributed by atoms with Crippen molar-refractivity contribution in [3.8, 4) is 5.69 Å². The third-order valence-corrected chi connectivity index (χ3v) is 2.10. The Bertz CT molecular complexity index is 523. The molecule has 0 N–H and O–H groups in total. The van der Waals surface area contributed by atoms with Crippen LogP contribution in [0.15, 0.2) is 35.5 Å². The Morgan fingerprint density at radius 2 is 2.12 bits per heavy atom. The Labute approximate surface area is 92.4 Å². The second-order valence-corrected chi connectivity index (χ2v) is 3.35. The number of aliphatic imine (C=N–C) groups is 1. The fourth-order valence-electron chi connectivity index (χ4n) is 1.32. The van der Waals surface area contributed by atoms with Crippen LogP contribution in [0.5, 0.6) is 0 Å². The van der Waals surface area contributed by atoms with Gasteiger partial charge in [-0.1, -0.05) is 12.1 Å². The molecular weight excluding hydrogens is 204 g/mol. The maximum absolute atomic E-state index is 9.95. The average Bonchev–Trinajstić information content (AvgIpc) is 2.74. The number of hydrogen-bond donors (Lipinski definition) is 0. The van der Waals surface area contributed by atoms with Gasteiger partial charge in [-0.3, -0.25) is 0 Å². The molecule has 0 saturated heterocycles. The van der Waals surface area contributed by atoms with Crippen LogP contribution < -0.4 is 0 Å². The summed E-state index contributed by atoms with van der Waals surface area (Å²) in [4.78, 5) is 15.0. The SMILES string of the molecule is Cc1cnn(-c2ccc(CN=C=O)cc2)n1. The molecule has 1 heterocycles. The number of hydrogen-bond acceptors (Lipinski definition) is 4. The second kappa shape index (κ2) is 4.51. The van der Waals surface area contributed by atoms with Crippen LogP contribution in [0.2, 0.25) is 0 Å². The van der Waals surface area contributed by atoms with Gasteiger partial charge in [0.25, 0.3) is 0 Å². The highest BCUT2D eigenvalue weighted by Gasteiger charge is 1.99. The zero-order valence-electron chi connectivity index (χ0n) is 8.79. The quantitative estimate of drug-likeness (QED) is 0.573. The van der Waals surface area contributed by atoms with E-state index in [1.165, 1.54) is 6.08 Å². The number of isocyanates is 1. The molecule has 0 amide bonds. The van der Waals surface area contributed by atoms with Crippen molar-refractivity contribution in [2.75, 3.05) is 0 Å². The van der Waals surface area contributed by atoms with Gasteiger partial charge in [-0.15, -0.1) is 0 Å². The van der Waals surface area contributed by atoms with Crippen LogP contribution >= 0.6 is 0 Å². The molecule has 5 nitrogen and oxygen atoms in total. The van der Waals surface area contributed by atoms with Gasteiger partial charge < -0.3 is 0 Å². The molecule has 1 aromatic heterocycles. The highest BCUT2D eigenvalue weighted by Crippen LogP contribution is 2.08. The largest absolute Gasteiger partial charge is 0.235 e. The summed E-state index contributed by atoms with van der Waals surface area (Å²) in [6.45, 7) is 2.24. The van der Waals surface area contributed by atoms with Crippen LogP contribution in [0.25, 0.3) is 5.69 Å². The van der Waals surface area contributed by atoms with Gasteiger partial charge in [0.05, 0.1) is 24.1 Å². The minimum absolute atomic E-state index is 0.356. The average molecular weight is 214 g/mol. The van der Waals surface area contributed by atoms with Crippen LogP contribution in [0.1, 0.15) is 11.3 Å². The Morgan fingerprint density at radius 3 is 2.69 bits per heavy atom. The van der Waals surface area contributed by atoms with Gasteiger partial charge in [0.2, 0.25) is 6.08 Å². The monoisotopic (exact) mass is 214 g/mol. The lowest BCUT2D eigenvalue weighted by Crippen LogP contribution is -1.98. The third-order valence-electron chi connectivity index (χ3n) is 2.10. The summed E-state index contributed by atoms with van der Waals surface area (Å²) in [6, 6.07) is 7.54. The second-order valence-electron chi connectivity index (χ2n) is 3.35. The molecular formula is C11H10N4O. The van der Waals surface area contributed by atoms with E-state index in [0.717, 1.165) is 16.9 Å². The number of nitrogens with zero attached hydrogens (tertiary/aromatic N) is 4. The van der Waals surface area contributed by atoms with Crippen molar-refractivity contribution in [2.45, 2.75) is 13.5 Å². The Kier molecular flexibility index (Phi) is 2.89. The molecule has 0 aliphatic carbocycles. The summed E-state index contributed by atoms with van der Waals surface area (Å²) in [5, 5.41) is 8.29. The molecule has 80 valence electrons. The highest BCUT2D eigenvalue weighted by atomic mass is 16.1. The van der Waals surface area contributed by atoms with Gasteiger partial charge in [0, 0.05) is 0 Å². The highest BCUT2D eigenvalue weighted by molar-refractivity contribution is 5.36. The molecule has 1 aromatic carbocycles. The molecule has 2 aromatic rings. The first kappa shape index (κ1) is 10.3.